The fourth-order valence-electron chi connectivity index (χ4n) is 2.72. The number of likely N-dealkylation sites (tertiary alicyclic amines) is 1. The molecule has 1 saturated carbocycles. The van der Waals surface area contributed by atoms with Gasteiger partial charge in [-0.3, -0.25) is 4.79 Å². The van der Waals surface area contributed by atoms with Gasteiger partial charge in [-0.1, -0.05) is 5.16 Å². The molecule has 0 spiro atoms. The molecule has 92 valence electrons. The summed E-state index contributed by atoms with van der Waals surface area (Å²) in [6, 6.07) is 1.78. The van der Waals surface area contributed by atoms with Crippen LogP contribution >= 0.6 is 0 Å². The largest absolute Gasteiger partial charge is 0.360 e. The standard InChI is InChI=1S/C12H17N3O2/c1-13-11-5-8-4-9(8)6-15(12(11)16)7-10-2-3-14-17-10/h2-3,8-9,11,13H,4-7H2,1H3. The van der Waals surface area contributed by atoms with Crippen LogP contribution in [0.1, 0.15) is 18.6 Å². The van der Waals surface area contributed by atoms with E-state index in [1.54, 1.807) is 6.20 Å². The molecule has 5 nitrogen and oxygen atoms in total. The lowest BCUT2D eigenvalue weighted by Gasteiger charge is -2.24. The summed E-state index contributed by atoms with van der Waals surface area (Å²) >= 11 is 0. The first-order chi connectivity index (χ1) is 8.28. The Labute approximate surface area is 100 Å². The highest BCUT2D eigenvalue weighted by atomic mass is 16.5. The maximum Gasteiger partial charge on any atom is 0.240 e. The van der Waals surface area contributed by atoms with Crippen LogP contribution in [0.4, 0.5) is 0 Å². The van der Waals surface area contributed by atoms with Gasteiger partial charge >= 0.3 is 0 Å². The molecule has 1 aliphatic carbocycles. The lowest BCUT2D eigenvalue weighted by Crippen LogP contribution is -2.44. The lowest BCUT2D eigenvalue weighted by molar-refractivity contribution is -0.134. The summed E-state index contributed by atoms with van der Waals surface area (Å²) < 4.78 is 5.08. The van der Waals surface area contributed by atoms with Crippen molar-refractivity contribution in [2.75, 3.05) is 13.6 Å². The maximum absolute atomic E-state index is 12.3. The lowest BCUT2D eigenvalue weighted by atomic mass is 10.1. The molecule has 0 bridgehead atoms. The van der Waals surface area contributed by atoms with Gasteiger partial charge in [-0.2, -0.15) is 0 Å². The van der Waals surface area contributed by atoms with Crippen LogP contribution in [0.2, 0.25) is 0 Å². The van der Waals surface area contributed by atoms with Crippen molar-refractivity contribution in [2.24, 2.45) is 11.8 Å². The Morgan fingerprint density at radius 2 is 2.41 bits per heavy atom. The second-order valence-corrected chi connectivity index (χ2v) is 5.03. The highest BCUT2D eigenvalue weighted by Gasteiger charge is 2.45. The van der Waals surface area contributed by atoms with Crippen LogP contribution in [0, 0.1) is 11.8 Å². The number of carbonyl (C=O) groups excluding carboxylic acids is 1. The Hall–Kier alpha value is -1.36. The van der Waals surface area contributed by atoms with Crippen LogP contribution in [-0.4, -0.2) is 35.6 Å². The molecule has 3 unspecified atom stereocenters. The van der Waals surface area contributed by atoms with E-state index in [4.69, 9.17) is 4.52 Å². The molecule has 5 heteroatoms. The molecule has 1 aliphatic heterocycles. The molecule has 2 fully saturated rings. The fraction of sp³-hybridized carbons (Fsp3) is 0.667. The Morgan fingerprint density at radius 1 is 1.53 bits per heavy atom. The fourth-order valence-corrected chi connectivity index (χ4v) is 2.72. The van der Waals surface area contributed by atoms with Gasteiger partial charge in [0.25, 0.3) is 0 Å². The minimum Gasteiger partial charge on any atom is -0.360 e. The molecule has 1 aromatic rings. The highest BCUT2D eigenvalue weighted by molar-refractivity contribution is 5.82. The van der Waals surface area contributed by atoms with Gasteiger partial charge in [0.05, 0.1) is 18.8 Å². The number of nitrogens with zero attached hydrogens (tertiary/aromatic N) is 2. The van der Waals surface area contributed by atoms with E-state index in [0.29, 0.717) is 12.5 Å². The van der Waals surface area contributed by atoms with E-state index in [0.717, 1.165) is 24.6 Å². The molecule has 0 radical (unpaired) electrons. The molecule has 17 heavy (non-hydrogen) atoms. The van der Waals surface area contributed by atoms with Crippen LogP contribution in [0.5, 0.6) is 0 Å². The van der Waals surface area contributed by atoms with E-state index in [-0.39, 0.29) is 11.9 Å². The normalized spacial score (nSPS) is 32.2. The molecule has 1 N–H and O–H groups in total. The predicted molar refractivity (Wildman–Crippen MR) is 61.0 cm³/mol. The highest BCUT2D eigenvalue weighted by Crippen LogP contribution is 2.44. The SMILES string of the molecule is CNC1CC2CC2CN(Cc2ccno2)C1=O. The number of carbonyl (C=O) groups is 1. The minimum atomic E-state index is -0.0320. The van der Waals surface area contributed by atoms with Crippen molar-refractivity contribution in [2.45, 2.75) is 25.4 Å². The third kappa shape index (κ3) is 2.07. The summed E-state index contributed by atoms with van der Waals surface area (Å²) in [7, 11) is 1.86. The second-order valence-electron chi connectivity index (χ2n) is 5.03. The van der Waals surface area contributed by atoms with Gasteiger partial charge in [0.2, 0.25) is 5.91 Å². The predicted octanol–water partition coefficient (Wildman–Crippen LogP) is 0.631. The molecule has 0 aromatic carbocycles. The third-order valence-corrected chi connectivity index (χ3v) is 3.86. The molecular weight excluding hydrogens is 218 g/mol. The summed E-state index contributed by atoms with van der Waals surface area (Å²) in [6.07, 6.45) is 3.86. The van der Waals surface area contributed by atoms with E-state index in [1.165, 1.54) is 6.42 Å². The van der Waals surface area contributed by atoms with Crippen LogP contribution in [-0.2, 0) is 11.3 Å². The first kappa shape index (κ1) is 10.8. The van der Waals surface area contributed by atoms with Crippen molar-refractivity contribution < 1.29 is 9.32 Å². The number of likely N-dealkylation sites (N-methyl/N-ethyl adjacent to an activating group) is 1. The summed E-state index contributed by atoms with van der Waals surface area (Å²) in [5.41, 5.74) is 0. The number of fused-ring (bicyclic) bond motifs is 1. The summed E-state index contributed by atoms with van der Waals surface area (Å²) in [4.78, 5) is 14.2. The van der Waals surface area contributed by atoms with Crippen LogP contribution < -0.4 is 5.32 Å². The zero-order valence-electron chi connectivity index (χ0n) is 9.93. The molecule has 2 aliphatic rings. The second kappa shape index (κ2) is 4.14. The van der Waals surface area contributed by atoms with Crippen molar-refractivity contribution in [3.05, 3.63) is 18.0 Å². The van der Waals surface area contributed by atoms with E-state index in [9.17, 15) is 4.79 Å². The van der Waals surface area contributed by atoms with Crippen molar-refractivity contribution >= 4 is 5.91 Å². The Balaban J connectivity index is 1.74. The van der Waals surface area contributed by atoms with Gasteiger partial charge in [-0.05, 0) is 31.7 Å². The summed E-state index contributed by atoms with van der Waals surface area (Å²) in [5, 5.41) is 6.80. The van der Waals surface area contributed by atoms with E-state index in [1.807, 2.05) is 18.0 Å². The third-order valence-electron chi connectivity index (χ3n) is 3.86. The molecule has 3 atom stereocenters. The van der Waals surface area contributed by atoms with Crippen molar-refractivity contribution in [1.29, 1.82) is 0 Å². The van der Waals surface area contributed by atoms with Gasteiger partial charge < -0.3 is 14.7 Å². The van der Waals surface area contributed by atoms with Crippen LogP contribution in [0.25, 0.3) is 0 Å². The maximum atomic E-state index is 12.3. The van der Waals surface area contributed by atoms with Gasteiger partial charge in [0.15, 0.2) is 5.76 Å². The molecule has 2 heterocycles. The number of nitrogens with one attached hydrogen (secondary N) is 1. The summed E-state index contributed by atoms with van der Waals surface area (Å²) in [5.74, 6) is 2.37. The first-order valence-electron chi connectivity index (χ1n) is 6.13. The minimum absolute atomic E-state index is 0.0320. The van der Waals surface area contributed by atoms with Crippen LogP contribution in [0.15, 0.2) is 16.8 Å². The van der Waals surface area contributed by atoms with E-state index in [2.05, 4.69) is 10.5 Å². The average molecular weight is 235 g/mol. The van der Waals surface area contributed by atoms with E-state index >= 15 is 0 Å². The molecule has 1 saturated heterocycles. The van der Waals surface area contributed by atoms with Crippen molar-refractivity contribution in [1.82, 2.24) is 15.4 Å². The quantitative estimate of drug-likeness (QED) is 0.835. The molecule has 3 rings (SSSR count). The average Bonchev–Trinajstić information content (AvgIpc) is 2.86. The Kier molecular flexibility index (Phi) is 2.63. The number of aromatic nitrogens is 1. The zero-order valence-corrected chi connectivity index (χ0v) is 9.93. The van der Waals surface area contributed by atoms with Gasteiger partial charge in [0, 0.05) is 12.6 Å². The Bertz CT molecular complexity index is 404. The topological polar surface area (TPSA) is 58.4 Å². The van der Waals surface area contributed by atoms with Gasteiger partial charge in [0.1, 0.15) is 0 Å². The number of rotatable bonds is 3. The monoisotopic (exact) mass is 235 g/mol. The molecule has 1 amide bonds. The molecule has 1 aromatic heterocycles. The number of hydrogen-bond acceptors (Lipinski definition) is 4. The summed E-state index contributed by atoms with van der Waals surface area (Å²) in [6.45, 7) is 1.41. The van der Waals surface area contributed by atoms with Crippen LogP contribution in [0.3, 0.4) is 0 Å². The van der Waals surface area contributed by atoms with Gasteiger partial charge in [-0.15, -0.1) is 0 Å². The number of hydrogen-bond donors (Lipinski definition) is 1. The van der Waals surface area contributed by atoms with Crippen molar-refractivity contribution in [3.63, 3.8) is 0 Å². The molecular formula is C12H17N3O2. The number of amides is 1. The zero-order chi connectivity index (χ0) is 11.8. The van der Waals surface area contributed by atoms with E-state index < -0.39 is 0 Å². The van der Waals surface area contributed by atoms with Gasteiger partial charge in [-0.25, -0.2) is 0 Å². The first-order valence-corrected chi connectivity index (χ1v) is 6.13. The Morgan fingerprint density at radius 3 is 3.12 bits per heavy atom. The van der Waals surface area contributed by atoms with Crippen molar-refractivity contribution in [3.8, 4) is 0 Å². The smallest absolute Gasteiger partial charge is 0.240 e.